The van der Waals surface area contributed by atoms with Crippen molar-refractivity contribution in [3.8, 4) is 0 Å². The van der Waals surface area contributed by atoms with Crippen LogP contribution in [0.2, 0.25) is 0 Å². The van der Waals surface area contributed by atoms with Gasteiger partial charge in [0.05, 0.1) is 6.61 Å². The summed E-state index contributed by atoms with van der Waals surface area (Å²) in [5.74, 6) is 0. The van der Waals surface area contributed by atoms with Crippen LogP contribution in [0.5, 0.6) is 0 Å². The van der Waals surface area contributed by atoms with Crippen LogP contribution in [0, 0.1) is 20.8 Å². The molecule has 0 radical (unpaired) electrons. The zero-order chi connectivity index (χ0) is 22.8. The van der Waals surface area contributed by atoms with Crippen molar-refractivity contribution >= 4 is 19.8 Å². The molecule has 10 heteroatoms. The van der Waals surface area contributed by atoms with Gasteiger partial charge < -0.3 is 5.11 Å². The maximum absolute atomic E-state index is 10.7. The minimum absolute atomic E-state index is 0.0206. The summed E-state index contributed by atoms with van der Waals surface area (Å²) in [5, 5.41) is 9.86. The van der Waals surface area contributed by atoms with Gasteiger partial charge in [-0.1, -0.05) is 48.0 Å². The molecule has 168 valence electrons. The van der Waals surface area contributed by atoms with Gasteiger partial charge in [0.2, 0.25) is 6.34 Å². The Morgan fingerprint density at radius 1 is 0.967 bits per heavy atom. The number of aliphatic hydroxyl groups is 1. The van der Waals surface area contributed by atoms with Crippen molar-refractivity contribution in [3.05, 3.63) is 64.7 Å². The van der Waals surface area contributed by atoms with E-state index in [0.717, 1.165) is 18.7 Å². The Bertz CT molecular complexity index is 895. The fourth-order valence-electron chi connectivity index (χ4n) is 3.63. The quantitative estimate of drug-likeness (QED) is 0.321. The SMILES string of the molecule is Cc1cc(C)c(N2C=[N+]([C@H](CO)c3ccccc3)CC2)c(C)c1.F[P-](F)(F)(F)(F)F. The molecule has 1 atom stereocenters. The summed E-state index contributed by atoms with van der Waals surface area (Å²) < 4.78 is 61.4. The second-order valence-electron chi connectivity index (χ2n) is 7.36. The van der Waals surface area contributed by atoms with Crippen molar-refractivity contribution in [2.24, 2.45) is 0 Å². The van der Waals surface area contributed by atoms with Gasteiger partial charge in [-0.3, -0.25) is 4.58 Å². The topological polar surface area (TPSA) is 26.5 Å². The van der Waals surface area contributed by atoms with Gasteiger partial charge in [-0.15, -0.1) is 0 Å². The molecule has 0 aliphatic carbocycles. The Balaban J connectivity index is 0.000000396. The maximum atomic E-state index is 9.87. The molecule has 1 aliphatic rings. The molecule has 3 nitrogen and oxygen atoms in total. The monoisotopic (exact) mass is 454 g/mol. The van der Waals surface area contributed by atoms with E-state index in [0.29, 0.717) is 0 Å². The van der Waals surface area contributed by atoms with E-state index >= 15 is 0 Å². The standard InChI is InChI=1S/C20H25N2O.F6P/c1-15-11-16(2)20(17(3)12-15)22-10-9-21(14-22)19(13-23)18-7-5-4-6-8-18;1-7(2,3,4,5)6/h4-8,11-12,14,19,23H,9-10,13H2,1-3H3;/q+1;-1/t19-;/m1./s1. The number of aryl methyl sites for hydroxylation is 3. The molecule has 30 heavy (non-hydrogen) atoms. The Morgan fingerprint density at radius 2 is 1.47 bits per heavy atom. The predicted molar refractivity (Wildman–Crippen MR) is 109 cm³/mol. The molecule has 2 aromatic rings. The van der Waals surface area contributed by atoms with Crippen LogP contribution in [0.4, 0.5) is 30.9 Å². The molecular formula is C20H25F6N2OP. The van der Waals surface area contributed by atoms with Crippen LogP contribution in [0.1, 0.15) is 28.3 Å². The first-order valence-corrected chi connectivity index (χ1v) is 11.3. The molecule has 0 bridgehead atoms. The third-order valence-electron chi connectivity index (χ3n) is 4.57. The number of nitrogens with zero attached hydrogens (tertiary/aromatic N) is 2. The minimum atomic E-state index is -10.7. The van der Waals surface area contributed by atoms with Crippen molar-refractivity contribution < 1.29 is 34.9 Å². The van der Waals surface area contributed by atoms with Crippen LogP contribution in [0.25, 0.3) is 0 Å². The van der Waals surface area contributed by atoms with E-state index in [4.69, 9.17) is 0 Å². The van der Waals surface area contributed by atoms with Crippen LogP contribution < -0.4 is 4.90 Å². The van der Waals surface area contributed by atoms with Crippen LogP contribution in [0.15, 0.2) is 42.5 Å². The van der Waals surface area contributed by atoms with Gasteiger partial charge in [0.25, 0.3) is 0 Å². The fraction of sp³-hybridized carbons (Fsp3) is 0.350. The number of benzene rings is 2. The van der Waals surface area contributed by atoms with Gasteiger partial charge >= 0.3 is 33.0 Å². The summed E-state index contributed by atoms with van der Waals surface area (Å²) in [6.45, 7) is 8.49. The van der Waals surface area contributed by atoms with Gasteiger partial charge in [-0.25, -0.2) is 4.90 Å². The van der Waals surface area contributed by atoms with Crippen molar-refractivity contribution in [2.75, 3.05) is 24.6 Å². The first-order valence-electron chi connectivity index (χ1n) is 9.22. The summed E-state index contributed by atoms with van der Waals surface area (Å²) in [4.78, 5) is 2.32. The average Bonchev–Trinajstić information content (AvgIpc) is 3.02. The van der Waals surface area contributed by atoms with Crippen molar-refractivity contribution in [1.29, 1.82) is 0 Å². The molecule has 3 rings (SSSR count). The average molecular weight is 454 g/mol. The molecule has 0 fully saturated rings. The summed E-state index contributed by atoms with van der Waals surface area (Å²) in [5.41, 5.74) is 6.37. The van der Waals surface area contributed by atoms with Gasteiger partial charge in [-0.2, -0.15) is 0 Å². The third kappa shape index (κ3) is 7.95. The van der Waals surface area contributed by atoms with E-state index < -0.39 is 7.81 Å². The van der Waals surface area contributed by atoms with E-state index in [1.807, 2.05) is 18.2 Å². The molecule has 0 spiro atoms. The predicted octanol–water partition coefficient (Wildman–Crippen LogP) is 6.59. The zero-order valence-electron chi connectivity index (χ0n) is 16.9. The molecule has 0 saturated heterocycles. The Labute approximate surface area is 171 Å². The van der Waals surface area contributed by atoms with Gasteiger partial charge in [0.15, 0.2) is 0 Å². The number of aliphatic hydroxyl groups excluding tert-OH is 1. The van der Waals surface area contributed by atoms with Gasteiger partial charge in [-0.05, 0) is 37.5 Å². The van der Waals surface area contributed by atoms with Crippen LogP contribution in [-0.2, 0) is 0 Å². The number of hydrogen-bond donors (Lipinski definition) is 1. The summed E-state index contributed by atoms with van der Waals surface area (Å²) in [6, 6.07) is 14.7. The molecule has 1 heterocycles. The van der Waals surface area contributed by atoms with Crippen LogP contribution >= 0.6 is 7.81 Å². The van der Waals surface area contributed by atoms with E-state index in [1.165, 1.54) is 22.4 Å². The van der Waals surface area contributed by atoms with E-state index in [9.17, 15) is 30.3 Å². The molecule has 1 N–H and O–H groups in total. The van der Waals surface area contributed by atoms with E-state index in [-0.39, 0.29) is 12.6 Å². The van der Waals surface area contributed by atoms with E-state index in [1.54, 1.807) is 0 Å². The molecule has 2 aromatic carbocycles. The molecule has 0 unspecified atom stereocenters. The van der Waals surface area contributed by atoms with Crippen molar-refractivity contribution in [2.45, 2.75) is 26.8 Å². The molecule has 0 saturated carbocycles. The second kappa shape index (κ2) is 7.85. The van der Waals surface area contributed by atoms with Crippen LogP contribution in [-0.4, -0.2) is 35.7 Å². The molecular weight excluding hydrogens is 429 g/mol. The normalized spacial score (nSPS) is 17.4. The van der Waals surface area contributed by atoms with Crippen LogP contribution in [0.3, 0.4) is 0 Å². The number of rotatable bonds is 4. The fourth-order valence-corrected chi connectivity index (χ4v) is 3.63. The summed E-state index contributed by atoms with van der Waals surface area (Å²) in [6.07, 6.45) is 2.17. The molecule has 0 aromatic heterocycles. The first kappa shape index (κ1) is 24.2. The van der Waals surface area contributed by atoms with Crippen molar-refractivity contribution in [1.82, 2.24) is 0 Å². The van der Waals surface area contributed by atoms with Gasteiger partial charge in [0.1, 0.15) is 24.8 Å². The van der Waals surface area contributed by atoms with E-state index in [2.05, 4.69) is 60.9 Å². The summed E-state index contributed by atoms with van der Waals surface area (Å²) in [7, 11) is -10.7. The number of anilines is 1. The number of hydrogen-bond acceptors (Lipinski definition) is 2. The number of halogens is 6. The Kier molecular flexibility index (Phi) is 6.32. The first-order chi connectivity index (χ1) is 13.5. The Hall–Kier alpha value is -2.12. The third-order valence-corrected chi connectivity index (χ3v) is 4.57. The Morgan fingerprint density at radius 3 is 1.93 bits per heavy atom. The molecule has 0 amide bonds. The second-order valence-corrected chi connectivity index (χ2v) is 9.28. The van der Waals surface area contributed by atoms with Gasteiger partial charge in [0, 0.05) is 0 Å². The molecule has 1 aliphatic heterocycles. The summed E-state index contributed by atoms with van der Waals surface area (Å²) >= 11 is 0. The van der Waals surface area contributed by atoms with Crippen molar-refractivity contribution in [3.63, 3.8) is 0 Å². The zero-order valence-corrected chi connectivity index (χ0v) is 17.8.